The predicted octanol–water partition coefficient (Wildman–Crippen LogP) is 0.524. The Hall–Kier alpha value is -1.40. The lowest BCUT2D eigenvalue weighted by Crippen LogP contribution is -2.63. The molecule has 0 aliphatic carbocycles. The van der Waals surface area contributed by atoms with Gasteiger partial charge in [0, 0.05) is 12.5 Å². The van der Waals surface area contributed by atoms with Gasteiger partial charge in [0.2, 0.25) is 5.91 Å². The fourth-order valence-electron chi connectivity index (χ4n) is 3.54. The molecule has 1 fully saturated rings. The van der Waals surface area contributed by atoms with Crippen molar-refractivity contribution in [2.75, 3.05) is 19.6 Å². The molecule has 0 aromatic rings. The largest absolute Gasteiger partial charge is 0.477 e. The number of aliphatic carboxylic acids is 1. The number of β-lactam (4-membered cyclic amide) rings is 1. The number of fused-ring (bicyclic) bond motifs is 1. The molecule has 2 heterocycles. The van der Waals surface area contributed by atoms with Gasteiger partial charge in [-0.25, -0.2) is 4.79 Å². The summed E-state index contributed by atoms with van der Waals surface area (Å²) in [6.07, 6.45) is -0.746. The van der Waals surface area contributed by atoms with Crippen molar-refractivity contribution in [2.45, 2.75) is 39.8 Å². The average Bonchev–Trinajstić information content (AvgIpc) is 2.65. The Morgan fingerprint density at radius 3 is 2.38 bits per heavy atom. The number of aliphatic hydroxyl groups is 1. The number of aliphatic hydroxyl groups excluding tert-OH is 1. The highest BCUT2D eigenvalue weighted by Crippen LogP contribution is 2.47. The fourth-order valence-corrected chi connectivity index (χ4v) is 3.54. The van der Waals surface area contributed by atoms with E-state index in [1.165, 1.54) is 4.90 Å². The van der Waals surface area contributed by atoms with Crippen LogP contribution in [0.25, 0.3) is 0 Å². The maximum Gasteiger partial charge on any atom is 0.352 e. The van der Waals surface area contributed by atoms with Crippen LogP contribution in [0.1, 0.15) is 27.7 Å². The van der Waals surface area contributed by atoms with Crippen molar-refractivity contribution in [3.05, 3.63) is 11.3 Å². The molecule has 118 valence electrons. The molecule has 2 rings (SSSR count). The second kappa shape index (κ2) is 5.77. The smallest absolute Gasteiger partial charge is 0.352 e. The first kappa shape index (κ1) is 16.0. The summed E-state index contributed by atoms with van der Waals surface area (Å²) < 4.78 is 0. The number of nitrogens with zero attached hydrogens (tertiary/aromatic N) is 2. The summed E-state index contributed by atoms with van der Waals surface area (Å²) in [6.45, 7) is 9.83. The molecule has 4 unspecified atom stereocenters. The van der Waals surface area contributed by atoms with Crippen molar-refractivity contribution in [2.24, 2.45) is 11.8 Å². The van der Waals surface area contributed by atoms with Crippen LogP contribution in [0.15, 0.2) is 11.3 Å². The molecular weight excluding hydrogens is 272 g/mol. The first-order valence-electron chi connectivity index (χ1n) is 7.54. The number of carbonyl (C=O) groups excluding carboxylic acids is 1. The number of carbonyl (C=O) groups is 2. The number of hydrogen-bond donors (Lipinski definition) is 2. The number of carboxylic acid groups (broad SMARTS) is 1. The average molecular weight is 296 g/mol. The Bertz CT molecular complexity index is 482. The van der Waals surface area contributed by atoms with Crippen molar-refractivity contribution in [3.8, 4) is 0 Å². The summed E-state index contributed by atoms with van der Waals surface area (Å²) in [5.41, 5.74) is 0.925. The van der Waals surface area contributed by atoms with Crippen molar-refractivity contribution in [1.29, 1.82) is 0 Å². The van der Waals surface area contributed by atoms with E-state index in [0.717, 1.165) is 18.7 Å². The topological polar surface area (TPSA) is 81.1 Å². The van der Waals surface area contributed by atoms with Crippen LogP contribution in [-0.4, -0.2) is 63.7 Å². The molecule has 21 heavy (non-hydrogen) atoms. The van der Waals surface area contributed by atoms with E-state index in [0.29, 0.717) is 6.54 Å². The first-order valence-corrected chi connectivity index (χ1v) is 7.54. The van der Waals surface area contributed by atoms with Gasteiger partial charge in [0.25, 0.3) is 0 Å². The van der Waals surface area contributed by atoms with Gasteiger partial charge in [0.15, 0.2) is 0 Å². The zero-order chi connectivity index (χ0) is 15.9. The third-order valence-corrected chi connectivity index (χ3v) is 4.81. The van der Waals surface area contributed by atoms with Crippen LogP contribution in [0.5, 0.6) is 0 Å². The van der Waals surface area contributed by atoms with E-state index < -0.39 is 18.0 Å². The molecule has 0 radical (unpaired) electrons. The van der Waals surface area contributed by atoms with Crippen LogP contribution in [-0.2, 0) is 9.59 Å². The van der Waals surface area contributed by atoms with E-state index in [2.05, 4.69) is 4.90 Å². The molecule has 2 aliphatic heterocycles. The van der Waals surface area contributed by atoms with Gasteiger partial charge in [-0.05, 0) is 25.6 Å². The Balaban J connectivity index is 2.34. The lowest BCUT2D eigenvalue weighted by Gasteiger charge is -2.46. The summed E-state index contributed by atoms with van der Waals surface area (Å²) in [5.74, 6) is -1.84. The summed E-state index contributed by atoms with van der Waals surface area (Å²) in [7, 11) is 0. The maximum absolute atomic E-state index is 12.2. The highest BCUT2D eigenvalue weighted by Gasteiger charge is 2.59. The predicted molar refractivity (Wildman–Crippen MR) is 77.4 cm³/mol. The van der Waals surface area contributed by atoms with E-state index in [4.69, 9.17) is 0 Å². The van der Waals surface area contributed by atoms with Crippen molar-refractivity contribution in [1.82, 2.24) is 9.80 Å². The molecule has 0 bridgehead atoms. The normalized spacial score (nSPS) is 29.7. The van der Waals surface area contributed by atoms with Crippen LogP contribution >= 0.6 is 0 Å². The van der Waals surface area contributed by atoms with Gasteiger partial charge in [-0.3, -0.25) is 9.69 Å². The van der Waals surface area contributed by atoms with Gasteiger partial charge in [-0.2, -0.15) is 0 Å². The van der Waals surface area contributed by atoms with Crippen molar-refractivity contribution in [3.63, 3.8) is 0 Å². The molecule has 6 nitrogen and oxygen atoms in total. The van der Waals surface area contributed by atoms with E-state index in [-0.39, 0.29) is 23.6 Å². The Morgan fingerprint density at radius 1 is 1.38 bits per heavy atom. The second-order valence-electron chi connectivity index (χ2n) is 5.89. The highest BCUT2D eigenvalue weighted by molar-refractivity contribution is 6.00. The molecule has 2 N–H and O–H groups in total. The molecule has 4 atom stereocenters. The van der Waals surface area contributed by atoms with Gasteiger partial charge in [0.1, 0.15) is 5.70 Å². The SMILES string of the molecule is CCN(CC)CC1=C(C(=O)O)N2C(=O)C(C(C)O)C2C1C. The Morgan fingerprint density at radius 2 is 1.95 bits per heavy atom. The van der Waals surface area contributed by atoms with Crippen molar-refractivity contribution >= 4 is 11.9 Å². The summed E-state index contributed by atoms with van der Waals surface area (Å²) in [6, 6.07) is -0.214. The Labute approximate surface area is 125 Å². The molecule has 0 aromatic carbocycles. The van der Waals surface area contributed by atoms with Crippen LogP contribution in [0.2, 0.25) is 0 Å². The molecule has 0 aromatic heterocycles. The van der Waals surface area contributed by atoms with Crippen LogP contribution in [0.3, 0.4) is 0 Å². The van der Waals surface area contributed by atoms with Gasteiger partial charge >= 0.3 is 5.97 Å². The van der Waals surface area contributed by atoms with Crippen molar-refractivity contribution < 1.29 is 19.8 Å². The fraction of sp³-hybridized carbons (Fsp3) is 0.733. The minimum absolute atomic E-state index is 0.0333. The van der Waals surface area contributed by atoms with Gasteiger partial charge < -0.3 is 15.1 Å². The first-order chi connectivity index (χ1) is 9.84. The highest BCUT2D eigenvalue weighted by atomic mass is 16.4. The zero-order valence-electron chi connectivity index (χ0n) is 13.0. The third-order valence-electron chi connectivity index (χ3n) is 4.81. The van der Waals surface area contributed by atoms with Gasteiger partial charge in [0.05, 0.1) is 18.1 Å². The van der Waals surface area contributed by atoms with Crippen LogP contribution in [0, 0.1) is 11.8 Å². The van der Waals surface area contributed by atoms with Gasteiger partial charge in [-0.15, -0.1) is 0 Å². The third kappa shape index (κ3) is 2.36. The molecule has 1 amide bonds. The van der Waals surface area contributed by atoms with E-state index >= 15 is 0 Å². The molecule has 0 spiro atoms. The minimum Gasteiger partial charge on any atom is -0.477 e. The van der Waals surface area contributed by atoms with E-state index in [9.17, 15) is 19.8 Å². The number of likely N-dealkylation sites (N-methyl/N-ethyl adjacent to an activating group) is 1. The number of carboxylic acids is 1. The molecule has 6 heteroatoms. The van der Waals surface area contributed by atoms with Crippen LogP contribution in [0.4, 0.5) is 0 Å². The minimum atomic E-state index is -1.05. The van der Waals surface area contributed by atoms with Crippen LogP contribution < -0.4 is 0 Å². The second-order valence-corrected chi connectivity index (χ2v) is 5.89. The maximum atomic E-state index is 12.2. The standard InChI is InChI=1S/C15H24N2O4/c1-5-16(6-2)7-10-8(3)12-11(9(4)18)14(19)17(12)13(10)15(20)21/h8-9,11-12,18H,5-7H2,1-4H3,(H,20,21). The Kier molecular flexibility index (Phi) is 4.39. The monoisotopic (exact) mass is 296 g/mol. The zero-order valence-corrected chi connectivity index (χ0v) is 13.0. The molecule has 0 saturated carbocycles. The lowest BCUT2D eigenvalue weighted by atomic mass is 9.77. The summed E-state index contributed by atoms with van der Waals surface area (Å²) in [4.78, 5) is 27.3. The summed E-state index contributed by atoms with van der Waals surface area (Å²) >= 11 is 0. The molecule has 2 aliphatic rings. The van der Waals surface area contributed by atoms with E-state index in [1.54, 1.807) is 6.92 Å². The van der Waals surface area contributed by atoms with Gasteiger partial charge in [-0.1, -0.05) is 20.8 Å². The molecular formula is C15H24N2O4. The quantitative estimate of drug-likeness (QED) is 0.699. The molecule has 1 saturated heterocycles. The number of hydrogen-bond acceptors (Lipinski definition) is 4. The number of rotatable bonds is 6. The number of amides is 1. The lowest BCUT2D eigenvalue weighted by molar-refractivity contribution is -0.163. The van der Waals surface area contributed by atoms with E-state index in [1.807, 2.05) is 20.8 Å². The summed E-state index contributed by atoms with van der Waals surface area (Å²) in [5, 5.41) is 19.3.